The van der Waals surface area contributed by atoms with Crippen molar-refractivity contribution in [1.29, 1.82) is 0 Å². The summed E-state index contributed by atoms with van der Waals surface area (Å²) in [5.41, 5.74) is 6.24. The Labute approximate surface area is 130 Å². The molecule has 0 fully saturated rings. The molecule has 0 radical (unpaired) electrons. The van der Waals surface area contributed by atoms with Crippen LogP contribution < -0.4 is 0 Å². The van der Waals surface area contributed by atoms with E-state index in [0.29, 0.717) is 0 Å². The van der Waals surface area contributed by atoms with Gasteiger partial charge in [-0.05, 0) is 60.7 Å². The van der Waals surface area contributed by atoms with E-state index in [4.69, 9.17) is 0 Å². The fourth-order valence-electron chi connectivity index (χ4n) is 2.91. The minimum Gasteiger partial charge on any atom is -0.384 e. The number of hydrogen-bond acceptors (Lipinski definition) is 2. The summed E-state index contributed by atoms with van der Waals surface area (Å²) in [4.78, 5) is 4.08. The second-order valence-electron chi connectivity index (χ2n) is 5.72. The number of aliphatic hydroxyl groups is 1. The first-order valence-corrected chi connectivity index (χ1v) is 7.41. The van der Waals surface area contributed by atoms with Crippen molar-refractivity contribution in [3.8, 4) is 5.69 Å². The second kappa shape index (κ2) is 5.78. The van der Waals surface area contributed by atoms with E-state index in [2.05, 4.69) is 4.98 Å². The standard InChI is InChI=1S/C19H20N2O/c1-13-7-8-16(21-10-9-20-12-21)11-17(13)19(22)18-14(2)5-4-6-15(18)3/h4-12,19,22H,1-3H3. The summed E-state index contributed by atoms with van der Waals surface area (Å²) >= 11 is 0. The number of aryl methyl sites for hydroxylation is 3. The lowest BCUT2D eigenvalue weighted by atomic mass is 9.91. The topological polar surface area (TPSA) is 38.0 Å². The Bertz CT molecular complexity index is 771. The van der Waals surface area contributed by atoms with Crippen LogP contribution >= 0.6 is 0 Å². The average Bonchev–Trinajstić information content (AvgIpc) is 3.01. The Balaban J connectivity index is 2.09. The van der Waals surface area contributed by atoms with Gasteiger partial charge in [0.05, 0.1) is 6.33 Å². The molecule has 3 rings (SSSR count). The highest BCUT2D eigenvalue weighted by atomic mass is 16.3. The van der Waals surface area contributed by atoms with E-state index < -0.39 is 6.10 Å². The second-order valence-corrected chi connectivity index (χ2v) is 5.72. The molecule has 2 aromatic carbocycles. The van der Waals surface area contributed by atoms with Crippen LogP contribution in [0.15, 0.2) is 55.1 Å². The molecule has 0 aliphatic carbocycles. The van der Waals surface area contributed by atoms with Gasteiger partial charge in [0.15, 0.2) is 0 Å². The van der Waals surface area contributed by atoms with Crippen molar-refractivity contribution in [3.63, 3.8) is 0 Å². The van der Waals surface area contributed by atoms with Gasteiger partial charge in [0.25, 0.3) is 0 Å². The Kier molecular flexibility index (Phi) is 3.82. The number of aliphatic hydroxyl groups excluding tert-OH is 1. The van der Waals surface area contributed by atoms with Gasteiger partial charge < -0.3 is 9.67 Å². The van der Waals surface area contributed by atoms with Crippen LogP contribution in [0.4, 0.5) is 0 Å². The number of nitrogens with zero attached hydrogens (tertiary/aromatic N) is 2. The summed E-state index contributed by atoms with van der Waals surface area (Å²) in [5, 5.41) is 10.9. The van der Waals surface area contributed by atoms with Crippen molar-refractivity contribution in [2.45, 2.75) is 26.9 Å². The maximum absolute atomic E-state index is 10.9. The Morgan fingerprint density at radius 1 is 1.00 bits per heavy atom. The molecule has 3 heteroatoms. The average molecular weight is 292 g/mol. The lowest BCUT2D eigenvalue weighted by molar-refractivity contribution is 0.218. The van der Waals surface area contributed by atoms with E-state index in [1.807, 2.05) is 67.9 Å². The Morgan fingerprint density at radius 2 is 1.73 bits per heavy atom. The van der Waals surface area contributed by atoms with Gasteiger partial charge in [-0.3, -0.25) is 0 Å². The van der Waals surface area contributed by atoms with Gasteiger partial charge in [-0.2, -0.15) is 0 Å². The van der Waals surface area contributed by atoms with Gasteiger partial charge in [-0.15, -0.1) is 0 Å². The zero-order valence-electron chi connectivity index (χ0n) is 13.1. The maximum atomic E-state index is 10.9. The van der Waals surface area contributed by atoms with E-state index in [9.17, 15) is 5.11 Å². The highest BCUT2D eigenvalue weighted by Crippen LogP contribution is 2.30. The molecule has 0 bridgehead atoms. The summed E-state index contributed by atoms with van der Waals surface area (Å²) in [6.07, 6.45) is 4.80. The first kappa shape index (κ1) is 14.5. The molecule has 0 aliphatic heterocycles. The summed E-state index contributed by atoms with van der Waals surface area (Å²) in [7, 11) is 0. The van der Waals surface area contributed by atoms with Crippen LogP contribution in [0.1, 0.15) is 33.9 Å². The van der Waals surface area contributed by atoms with Gasteiger partial charge in [0, 0.05) is 18.1 Å². The van der Waals surface area contributed by atoms with Crippen LogP contribution in [0.3, 0.4) is 0 Å². The van der Waals surface area contributed by atoms with Gasteiger partial charge in [0.2, 0.25) is 0 Å². The fraction of sp³-hybridized carbons (Fsp3) is 0.211. The SMILES string of the molecule is Cc1ccc(-n2ccnc2)cc1C(O)c1c(C)cccc1C. The molecule has 1 aromatic heterocycles. The molecule has 3 nitrogen and oxygen atoms in total. The van der Waals surface area contributed by atoms with Gasteiger partial charge >= 0.3 is 0 Å². The zero-order chi connectivity index (χ0) is 15.7. The molecule has 112 valence electrons. The first-order valence-electron chi connectivity index (χ1n) is 7.41. The monoisotopic (exact) mass is 292 g/mol. The van der Waals surface area contributed by atoms with Crippen LogP contribution in [-0.2, 0) is 0 Å². The Hall–Kier alpha value is -2.39. The van der Waals surface area contributed by atoms with Crippen LogP contribution in [0.5, 0.6) is 0 Å². The number of imidazole rings is 1. The van der Waals surface area contributed by atoms with Crippen LogP contribution in [0.25, 0.3) is 5.69 Å². The third-order valence-corrected chi connectivity index (χ3v) is 4.18. The van der Waals surface area contributed by atoms with E-state index in [1.54, 1.807) is 12.5 Å². The number of benzene rings is 2. The van der Waals surface area contributed by atoms with Crippen LogP contribution in [0.2, 0.25) is 0 Å². The molecule has 0 saturated heterocycles. The van der Waals surface area contributed by atoms with Crippen molar-refractivity contribution in [1.82, 2.24) is 9.55 Å². The molecule has 0 amide bonds. The Morgan fingerprint density at radius 3 is 2.36 bits per heavy atom. The number of rotatable bonds is 3. The third kappa shape index (κ3) is 2.55. The summed E-state index contributed by atoms with van der Waals surface area (Å²) < 4.78 is 1.94. The molecule has 1 unspecified atom stereocenters. The summed E-state index contributed by atoms with van der Waals surface area (Å²) in [6.45, 7) is 6.12. The lowest BCUT2D eigenvalue weighted by Gasteiger charge is -2.19. The fourth-order valence-corrected chi connectivity index (χ4v) is 2.91. The minimum absolute atomic E-state index is 0.621. The van der Waals surface area contributed by atoms with Crippen LogP contribution in [0, 0.1) is 20.8 Å². The molecule has 1 N–H and O–H groups in total. The molecule has 0 aliphatic rings. The minimum atomic E-state index is -0.621. The van der Waals surface area contributed by atoms with Gasteiger partial charge in [0.1, 0.15) is 6.10 Å². The van der Waals surface area contributed by atoms with E-state index in [-0.39, 0.29) is 0 Å². The molecule has 1 atom stereocenters. The highest BCUT2D eigenvalue weighted by molar-refractivity contribution is 5.47. The zero-order valence-corrected chi connectivity index (χ0v) is 13.1. The van der Waals surface area contributed by atoms with Gasteiger partial charge in [-0.25, -0.2) is 4.98 Å². The molecule has 1 heterocycles. The quantitative estimate of drug-likeness (QED) is 0.795. The lowest BCUT2D eigenvalue weighted by Crippen LogP contribution is -2.07. The molecule has 3 aromatic rings. The molecular weight excluding hydrogens is 272 g/mol. The number of hydrogen-bond donors (Lipinski definition) is 1. The van der Waals surface area contributed by atoms with E-state index >= 15 is 0 Å². The molecule has 0 saturated carbocycles. The summed E-state index contributed by atoms with van der Waals surface area (Å²) in [5.74, 6) is 0. The van der Waals surface area contributed by atoms with Crippen molar-refractivity contribution < 1.29 is 5.11 Å². The molecular formula is C19H20N2O. The molecule has 0 spiro atoms. The van der Waals surface area contributed by atoms with Crippen molar-refractivity contribution >= 4 is 0 Å². The summed E-state index contributed by atoms with van der Waals surface area (Å²) in [6, 6.07) is 12.2. The maximum Gasteiger partial charge on any atom is 0.105 e. The first-order chi connectivity index (χ1) is 10.6. The third-order valence-electron chi connectivity index (χ3n) is 4.18. The smallest absolute Gasteiger partial charge is 0.105 e. The normalized spacial score (nSPS) is 12.4. The van der Waals surface area contributed by atoms with Crippen molar-refractivity contribution in [2.75, 3.05) is 0 Å². The van der Waals surface area contributed by atoms with Gasteiger partial charge in [-0.1, -0.05) is 24.3 Å². The van der Waals surface area contributed by atoms with E-state index in [0.717, 1.165) is 33.5 Å². The van der Waals surface area contributed by atoms with E-state index in [1.165, 1.54) is 0 Å². The predicted molar refractivity (Wildman–Crippen MR) is 88.3 cm³/mol. The van der Waals surface area contributed by atoms with Crippen molar-refractivity contribution in [3.05, 3.63) is 82.9 Å². The predicted octanol–water partition coefficient (Wildman–Crippen LogP) is 3.88. The molecule has 22 heavy (non-hydrogen) atoms. The number of aromatic nitrogens is 2. The van der Waals surface area contributed by atoms with Crippen LogP contribution in [-0.4, -0.2) is 14.7 Å². The highest BCUT2D eigenvalue weighted by Gasteiger charge is 2.17. The largest absolute Gasteiger partial charge is 0.384 e. The van der Waals surface area contributed by atoms with Crippen molar-refractivity contribution in [2.24, 2.45) is 0 Å².